The van der Waals surface area contributed by atoms with Gasteiger partial charge < -0.3 is 25.6 Å². The Kier molecular flexibility index (Phi) is 10.6. The molecule has 2 aromatic heterocycles. The molecule has 0 radical (unpaired) electrons. The summed E-state index contributed by atoms with van der Waals surface area (Å²) in [4.78, 5) is 52.4. The number of anilines is 2. The molecule has 0 spiro atoms. The first-order chi connectivity index (χ1) is 22.3. The second-order valence-electron chi connectivity index (χ2n) is 10.6. The summed E-state index contributed by atoms with van der Waals surface area (Å²) in [5, 5.41) is 23.5. The van der Waals surface area contributed by atoms with Crippen molar-refractivity contribution in [3.63, 3.8) is 0 Å². The largest absolute Gasteiger partial charge is 0.367 e. The third-order valence-corrected chi connectivity index (χ3v) is 7.02. The van der Waals surface area contributed by atoms with Crippen LogP contribution in [0.25, 0.3) is 21.8 Å². The highest BCUT2D eigenvalue weighted by Crippen LogP contribution is 2.18. The Hall–Kier alpha value is -5.63. The zero-order valence-electron chi connectivity index (χ0n) is 24.8. The van der Waals surface area contributed by atoms with Gasteiger partial charge in [-0.2, -0.15) is 10.2 Å². The summed E-state index contributed by atoms with van der Waals surface area (Å²) in [6, 6.07) is 16.3. The average molecular weight is 629 g/mol. The van der Waals surface area contributed by atoms with Crippen LogP contribution in [-0.4, -0.2) is 75.2 Å². The van der Waals surface area contributed by atoms with E-state index >= 15 is 0 Å². The molecule has 14 heteroatoms. The molecule has 5 rings (SSSR count). The van der Waals surface area contributed by atoms with E-state index in [2.05, 4.69) is 36.3 Å². The van der Waals surface area contributed by atoms with Gasteiger partial charge >= 0.3 is 0 Å². The van der Waals surface area contributed by atoms with Crippen molar-refractivity contribution in [2.45, 2.75) is 25.9 Å². The van der Waals surface area contributed by atoms with E-state index < -0.39 is 11.8 Å². The van der Waals surface area contributed by atoms with Crippen LogP contribution in [0.5, 0.6) is 0 Å². The minimum absolute atomic E-state index is 0.0689. The van der Waals surface area contributed by atoms with E-state index in [-0.39, 0.29) is 50.4 Å². The summed E-state index contributed by atoms with van der Waals surface area (Å²) in [6.45, 7) is -0.332. The highest BCUT2D eigenvalue weighted by atomic mass is 19.1. The molecular formula is C32H33FN8O5. The number of hydrogen-bond donors (Lipinski definition) is 5. The third kappa shape index (κ3) is 9.19. The Morgan fingerprint density at radius 2 is 1.35 bits per heavy atom. The monoisotopic (exact) mass is 628 g/mol. The van der Waals surface area contributed by atoms with Crippen LogP contribution in [0.15, 0.2) is 73.1 Å². The number of fused-ring (bicyclic) bond motifs is 2. The van der Waals surface area contributed by atoms with Crippen LogP contribution in [0.3, 0.4) is 0 Å². The van der Waals surface area contributed by atoms with Crippen molar-refractivity contribution in [3.8, 4) is 0 Å². The van der Waals surface area contributed by atoms with Crippen molar-refractivity contribution in [2.75, 3.05) is 36.9 Å². The van der Waals surface area contributed by atoms with Gasteiger partial charge in [-0.05, 0) is 66.9 Å². The van der Waals surface area contributed by atoms with Gasteiger partial charge in [0.05, 0.1) is 30.0 Å². The lowest BCUT2D eigenvalue weighted by molar-refractivity contribution is -0.137. The van der Waals surface area contributed by atoms with E-state index in [1.54, 1.807) is 60.9 Å². The number of halogens is 1. The Morgan fingerprint density at radius 3 is 1.93 bits per heavy atom. The van der Waals surface area contributed by atoms with Crippen molar-refractivity contribution < 1.29 is 28.3 Å². The van der Waals surface area contributed by atoms with Gasteiger partial charge in [0.1, 0.15) is 25.5 Å². The van der Waals surface area contributed by atoms with Crippen LogP contribution >= 0.6 is 0 Å². The Labute approximate surface area is 262 Å². The lowest BCUT2D eigenvalue weighted by Crippen LogP contribution is -2.42. The highest BCUT2D eigenvalue weighted by molar-refractivity contribution is 5.99. The number of aromatic nitrogens is 4. The van der Waals surface area contributed by atoms with Gasteiger partial charge in [-0.15, -0.1) is 0 Å². The smallest absolute Gasteiger partial charge is 0.246 e. The third-order valence-electron chi connectivity index (χ3n) is 7.02. The molecule has 0 atom stereocenters. The second-order valence-corrected chi connectivity index (χ2v) is 10.6. The fourth-order valence-corrected chi connectivity index (χ4v) is 4.70. The van der Waals surface area contributed by atoms with Crippen molar-refractivity contribution in [1.82, 2.24) is 30.6 Å². The number of rotatable bonds is 15. The molecule has 3 aromatic carbocycles. The standard InChI is InChI=1S/C32H33FN8O5/c33-24-6-4-21(5-7-24)19-46-20-31(44)34-12-2-1-3-32(45)41(17-29(42)37-25-8-10-27-22(13-25)15-35-39-27)18-30(43)38-26-9-11-28-23(14-26)16-36-40-28/h4-11,13-16H,1-3,12,17-20H2,(H,34,44)(H,35,39)(H,36,40)(H,37,42)(H,38,43). The Balaban J connectivity index is 1.10. The maximum absolute atomic E-state index is 13.2. The van der Waals surface area contributed by atoms with Crippen LogP contribution in [0.1, 0.15) is 24.8 Å². The lowest BCUT2D eigenvalue weighted by Gasteiger charge is -2.22. The van der Waals surface area contributed by atoms with Crippen LogP contribution in [-0.2, 0) is 30.5 Å². The van der Waals surface area contributed by atoms with E-state index in [0.717, 1.165) is 27.4 Å². The molecule has 0 bridgehead atoms. The van der Waals surface area contributed by atoms with Gasteiger partial charge in [0.15, 0.2) is 0 Å². The molecule has 0 aliphatic rings. The molecule has 0 saturated heterocycles. The van der Waals surface area contributed by atoms with Crippen molar-refractivity contribution in [2.24, 2.45) is 0 Å². The van der Waals surface area contributed by atoms with Crippen molar-refractivity contribution in [3.05, 3.63) is 84.4 Å². The molecule has 0 unspecified atom stereocenters. The molecule has 46 heavy (non-hydrogen) atoms. The van der Waals surface area contributed by atoms with Crippen molar-refractivity contribution in [1.29, 1.82) is 0 Å². The van der Waals surface area contributed by atoms with Gasteiger partial charge in [0.25, 0.3) is 0 Å². The Bertz CT molecular complexity index is 1730. The molecule has 0 aliphatic carbocycles. The molecule has 0 saturated carbocycles. The van der Waals surface area contributed by atoms with E-state index in [4.69, 9.17) is 4.74 Å². The van der Waals surface area contributed by atoms with E-state index in [1.165, 1.54) is 17.0 Å². The minimum Gasteiger partial charge on any atom is -0.367 e. The second kappa shape index (κ2) is 15.4. The molecule has 13 nitrogen and oxygen atoms in total. The van der Waals surface area contributed by atoms with Gasteiger partial charge in [0.2, 0.25) is 23.6 Å². The van der Waals surface area contributed by atoms with Crippen molar-refractivity contribution >= 4 is 56.8 Å². The number of ether oxygens (including phenoxy) is 1. The van der Waals surface area contributed by atoms with E-state index in [9.17, 15) is 23.6 Å². The molecule has 5 aromatic rings. The van der Waals surface area contributed by atoms with Crippen LogP contribution in [0, 0.1) is 5.82 Å². The predicted molar refractivity (Wildman–Crippen MR) is 169 cm³/mol. The van der Waals surface area contributed by atoms with Gasteiger partial charge in [-0.1, -0.05) is 12.1 Å². The summed E-state index contributed by atoms with van der Waals surface area (Å²) >= 11 is 0. The van der Waals surface area contributed by atoms with Gasteiger partial charge in [-0.3, -0.25) is 29.4 Å². The minimum atomic E-state index is -0.461. The summed E-state index contributed by atoms with van der Waals surface area (Å²) in [6.07, 6.45) is 4.26. The first-order valence-corrected chi connectivity index (χ1v) is 14.6. The molecule has 238 valence electrons. The number of benzene rings is 3. The number of hydrogen-bond acceptors (Lipinski definition) is 7. The number of carbonyl (C=O) groups excluding carboxylic acids is 4. The summed E-state index contributed by atoms with van der Waals surface area (Å²) in [7, 11) is 0. The van der Waals surface area contributed by atoms with Crippen LogP contribution in [0.2, 0.25) is 0 Å². The molecular weight excluding hydrogens is 595 g/mol. The highest BCUT2D eigenvalue weighted by Gasteiger charge is 2.21. The van der Waals surface area contributed by atoms with Crippen LogP contribution in [0.4, 0.5) is 15.8 Å². The first kappa shape index (κ1) is 31.8. The van der Waals surface area contributed by atoms with Crippen LogP contribution < -0.4 is 16.0 Å². The number of H-pyrrole nitrogens is 2. The molecule has 4 amide bonds. The average Bonchev–Trinajstić information content (AvgIpc) is 3.70. The fraction of sp³-hybridized carbons (Fsp3) is 0.250. The zero-order chi connectivity index (χ0) is 32.3. The fourth-order valence-electron chi connectivity index (χ4n) is 4.70. The molecule has 0 aliphatic heterocycles. The SMILES string of the molecule is O=C(COCc1ccc(F)cc1)NCCCCC(=O)N(CC(=O)Nc1ccc2[nH]ncc2c1)CC(=O)Nc1ccc2[nH]ncc2c1. The van der Waals surface area contributed by atoms with Gasteiger partial charge in [0, 0.05) is 35.1 Å². The maximum atomic E-state index is 13.2. The number of amides is 4. The van der Waals surface area contributed by atoms with Gasteiger partial charge in [-0.25, -0.2) is 4.39 Å². The number of carbonyl (C=O) groups is 4. The first-order valence-electron chi connectivity index (χ1n) is 14.6. The van der Waals surface area contributed by atoms with E-state index in [0.29, 0.717) is 30.8 Å². The van der Waals surface area contributed by atoms with E-state index in [1.807, 2.05) is 0 Å². The molecule has 2 heterocycles. The molecule has 5 N–H and O–H groups in total. The topological polar surface area (TPSA) is 174 Å². The number of nitrogens with one attached hydrogen (secondary N) is 5. The lowest BCUT2D eigenvalue weighted by atomic mass is 10.2. The number of unbranched alkanes of at least 4 members (excludes halogenated alkanes) is 1. The number of nitrogens with zero attached hydrogens (tertiary/aromatic N) is 3. The molecule has 0 fully saturated rings. The number of aromatic amines is 2. The maximum Gasteiger partial charge on any atom is 0.246 e. The Morgan fingerprint density at radius 1 is 0.761 bits per heavy atom. The quantitative estimate of drug-likeness (QED) is 0.110. The summed E-state index contributed by atoms with van der Waals surface area (Å²) in [5.41, 5.74) is 3.43. The normalized spacial score (nSPS) is 11.0. The zero-order valence-corrected chi connectivity index (χ0v) is 24.8. The summed E-state index contributed by atoms with van der Waals surface area (Å²) < 4.78 is 18.4. The summed E-state index contributed by atoms with van der Waals surface area (Å²) in [5.74, 6) is -1.96. The predicted octanol–water partition coefficient (Wildman–Crippen LogP) is 3.49.